The SMILES string of the molecule is Cc1cc(N2CCCC2)ccc1NC(=O)c1cnc2ccccc2n1. The van der Waals surface area contributed by atoms with Crippen molar-refractivity contribution in [1.82, 2.24) is 9.97 Å². The first-order valence-corrected chi connectivity index (χ1v) is 8.59. The highest BCUT2D eigenvalue weighted by atomic mass is 16.1. The summed E-state index contributed by atoms with van der Waals surface area (Å²) in [5, 5.41) is 2.95. The molecule has 0 radical (unpaired) electrons. The summed E-state index contributed by atoms with van der Waals surface area (Å²) in [6, 6.07) is 13.7. The summed E-state index contributed by atoms with van der Waals surface area (Å²) >= 11 is 0. The van der Waals surface area contributed by atoms with Crippen molar-refractivity contribution in [3.05, 3.63) is 59.9 Å². The molecule has 1 aliphatic heterocycles. The number of carbonyl (C=O) groups excluding carboxylic acids is 1. The molecule has 1 saturated heterocycles. The number of carbonyl (C=O) groups is 1. The quantitative estimate of drug-likeness (QED) is 0.793. The van der Waals surface area contributed by atoms with Crippen molar-refractivity contribution in [1.29, 1.82) is 0 Å². The van der Waals surface area contributed by atoms with Crippen molar-refractivity contribution in [2.24, 2.45) is 0 Å². The molecular formula is C20H20N4O. The highest BCUT2D eigenvalue weighted by Gasteiger charge is 2.15. The van der Waals surface area contributed by atoms with Gasteiger partial charge >= 0.3 is 0 Å². The summed E-state index contributed by atoms with van der Waals surface area (Å²) in [5.41, 5.74) is 4.90. The first-order valence-electron chi connectivity index (χ1n) is 8.59. The van der Waals surface area contributed by atoms with Gasteiger partial charge in [0.2, 0.25) is 0 Å². The molecule has 1 aromatic heterocycles. The molecule has 1 fully saturated rings. The van der Waals surface area contributed by atoms with Crippen LogP contribution in [0.25, 0.3) is 11.0 Å². The Labute approximate surface area is 146 Å². The zero-order valence-electron chi connectivity index (χ0n) is 14.2. The van der Waals surface area contributed by atoms with Gasteiger partial charge in [0.15, 0.2) is 0 Å². The van der Waals surface area contributed by atoms with Gasteiger partial charge in [-0.15, -0.1) is 0 Å². The van der Waals surface area contributed by atoms with E-state index in [9.17, 15) is 4.79 Å². The fraction of sp³-hybridized carbons (Fsp3) is 0.250. The second-order valence-corrected chi connectivity index (χ2v) is 6.39. The summed E-state index contributed by atoms with van der Waals surface area (Å²) in [6.07, 6.45) is 4.02. The molecule has 25 heavy (non-hydrogen) atoms. The van der Waals surface area contributed by atoms with Crippen molar-refractivity contribution in [3.63, 3.8) is 0 Å². The third-order valence-corrected chi connectivity index (χ3v) is 4.61. The lowest BCUT2D eigenvalue weighted by Gasteiger charge is -2.19. The van der Waals surface area contributed by atoms with E-state index in [4.69, 9.17) is 0 Å². The van der Waals surface area contributed by atoms with Crippen LogP contribution in [0.1, 0.15) is 28.9 Å². The minimum absolute atomic E-state index is 0.240. The van der Waals surface area contributed by atoms with Crippen molar-refractivity contribution in [2.75, 3.05) is 23.3 Å². The highest BCUT2D eigenvalue weighted by molar-refractivity contribution is 6.04. The molecule has 1 aliphatic rings. The largest absolute Gasteiger partial charge is 0.372 e. The van der Waals surface area contributed by atoms with Gasteiger partial charge in [0.05, 0.1) is 17.2 Å². The number of hydrogen-bond acceptors (Lipinski definition) is 4. The molecule has 0 unspecified atom stereocenters. The smallest absolute Gasteiger partial charge is 0.275 e. The third-order valence-electron chi connectivity index (χ3n) is 4.61. The Hall–Kier alpha value is -2.95. The van der Waals surface area contributed by atoms with Crippen LogP contribution in [-0.4, -0.2) is 29.0 Å². The number of aromatic nitrogens is 2. The zero-order chi connectivity index (χ0) is 17.2. The zero-order valence-corrected chi connectivity index (χ0v) is 14.2. The van der Waals surface area contributed by atoms with Crippen molar-refractivity contribution >= 4 is 28.3 Å². The number of anilines is 2. The van der Waals surface area contributed by atoms with Crippen LogP contribution in [-0.2, 0) is 0 Å². The summed E-state index contributed by atoms with van der Waals surface area (Å²) in [4.78, 5) is 23.6. The molecule has 2 aromatic carbocycles. The first kappa shape index (κ1) is 15.6. The number of para-hydroxylation sites is 2. The Morgan fingerprint density at radius 3 is 2.60 bits per heavy atom. The Balaban J connectivity index is 1.55. The fourth-order valence-corrected chi connectivity index (χ4v) is 3.21. The normalized spacial score (nSPS) is 14.0. The van der Waals surface area contributed by atoms with Gasteiger partial charge in [-0.3, -0.25) is 9.78 Å². The van der Waals surface area contributed by atoms with Gasteiger partial charge in [-0.05, 0) is 55.7 Å². The van der Waals surface area contributed by atoms with E-state index in [0.29, 0.717) is 5.69 Å². The van der Waals surface area contributed by atoms with Crippen LogP contribution < -0.4 is 10.2 Å². The van der Waals surface area contributed by atoms with E-state index in [2.05, 4.69) is 32.3 Å². The van der Waals surface area contributed by atoms with E-state index in [1.165, 1.54) is 24.7 Å². The van der Waals surface area contributed by atoms with Crippen LogP contribution in [0.3, 0.4) is 0 Å². The lowest BCUT2D eigenvalue weighted by Crippen LogP contribution is -2.18. The van der Waals surface area contributed by atoms with Crippen LogP contribution in [0.4, 0.5) is 11.4 Å². The van der Waals surface area contributed by atoms with Crippen LogP contribution in [0.15, 0.2) is 48.7 Å². The summed E-state index contributed by atoms with van der Waals surface area (Å²) in [6.45, 7) is 4.23. The molecule has 2 heterocycles. The van der Waals surface area contributed by atoms with E-state index in [1.807, 2.05) is 37.3 Å². The molecule has 5 heteroatoms. The number of benzene rings is 2. The molecule has 3 aromatic rings. The second-order valence-electron chi connectivity index (χ2n) is 6.39. The van der Waals surface area contributed by atoms with Gasteiger partial charge in [0.25, 0.3) is 5.91 Å². The Morgan fingerprint density at radius 2 is 1.84 bits per heavy atom. The lowest BCUT2D eigenvalue weighted by atomic mass is 10.1. The van der Waals surface area contributed by atoms with Gasteiger partial charge in [0, 0.05) is 24.5 Å². The molecule has 0 aliphatic carbocycles. The van der Waals surface area contributed by atoms with Gasteiger partial charge in [-0.25, -0.2) is 4.98 Å². The van der Waals surface area contributed by atoms with Gasteiger partial charge in [0.1, 0.15) is 5.69 Å². The molecular weight excluding hydrogens is 312 g/mol. The Kier molecular flexibility index (Phi) is 4.06. The number of nitrogens with one attached hydrogen (secondary N) is 1. The molecule has 0 atom stereocenters. The predicted octanol–water partition coefficient (Wildman–Crippen LogP) is 3.79. The maximum absolute atomic E-state index is 12.5. The van der Waals surface area contributed by atoms with Crippen LogP contribution in [0.5, 0.6) is 0 Å². The number of amides is 1. The van der Waals surface area contributed by atoms with Crippen LogP contribution in [0, 0.1) is 6.92 Å². The molecule has 126 valence electrons. The molecule has 5 nitrogen and oxygen atoms in total. The van der Waals surface area contributed by atoms with Crippen LogP contribution >= 0.6 is 0 Å². The summed E-state index contributed by atoms with van der Waals surface area (Å²) < 4.78 is 0. The second kappa shape index (κ2) is 6.51. The van der Waals surface area contributed by atoms with Gasteiger partial charge < -0.3 is 10.2 Å². The average molecular weight is 332 g/mol. The number of nitrogens with zero attached hydrogens (tertiary/aromatic N) is 3. The molecule has 1 N–H and O–H groups in total. The van der Waals surface area contributed by atoms with Crippen molar-refractivity contribution in [2.45, 2.75) is 19.8 Å². The first-order chi connectivity index (χ1) is 12.2. The Bertz CT molecular complexity index is 932. The number of fused-ring (bicyclic) bond motifs is 1. The van der Waals surface area contributed by atoms with Gasteiger partial charge in [-0.2, -0.15) is 0 Å². The Morgan fingerprint density at radius 1 is 1.08 bits per heavy atom. The lowest BCUT2D eigenvalue weighted by molar-refractivity contribution is 0.102. The van der Waals surface area contributed by atoms with Crippen molar-refractivity contribution in [3.8, 4) is 0 Å². The molecule has 1 amide bonds. The summed E-state index contributed by atoms with van der Waals surface area (Å²) in [7, 11) is 0. The number of aryl methyl sites for hydroxylation is 1. The molecule has 0 saturated carbocycles. The van der Waals surface area contributed by atoms with Crippen LogP contribution in [0.2, 0.25) is 0 Å². The summed E-state index contributed by atoms with van der Waals surface area (Å²) in [5.74, 6) is -0.240. The minimum atomic E-state index is -0.240. The standard InChI is InChI=1S/C20H20N4O/c1-14-12-15(24-10-4-5-11-24)8-9-16(14)23-20(25)19-13-21-17-6-2-3-7-18(17)22-19/h2-3,6-9,12-13H,4-5,10-11H2,1H3,(H,23,25). The van der Waals surface area contributed by atoms with E-state index in [0.717, 1.165) is 35.4 Å². The topological polar surface area (TPSA) is 58.1 Å². The maximum atomic E-state index is 12.5. The molecule has 0 bridgehead atoms. The number of hydrogen-bond donors (Lipinski definition) is 1. The average Bonchev–Trinajstić information content (AvgIpc) is 3.17. The fourth-order valence-electron chi connectivity index (χ4n) is 3.21. The van der Waals surface area contributed by atoms with E-state index < -0.39 is 0 Å². The maximum Gasteiger partial charge on any atom is 0.275 e. The molecule has 4 rings (SSSR count). The minimum Gasteiger partial charge on any atom is -0.372 e. The highest BCUT2D eigenvalue weighted by Crippen LogP contribution is 2.25. The van der Waals surface area contributed by atoms with E-state index in [1.54, 1.807) is 0 Å². The van der Waals surface area contributed by atoms with E-state index >= 15 is 0 Å². The monoisotopic (exact) mass is 332 g/mol. The third kappa shape index (κ3) is 3.18. The van der Waals surface area contributed by atoms with E-state index in [-0.39, 0.29) is 5.91 Å². The van der Waals surface area contributed by atoms with Crippen molar-refractivity contribution < 1.29 is 4.79 Å². The predicted molar refractivity (Wildman–Crippen MR) is 100 cm³/mol. The van der Waals surface area contributed by atoms with Gasteiger partial charge in [-0.1, -0.05) is 12.1 Å². The molecule has 0 spiro atoms. The number of rotatable bonds is 3.